The second kappa shape index (κ2) is 8.42. The summed E-state index contributed by atoms with van der Waals surface area (Å²) >= 11 is 0. The van der Waals surface area contributed by atoms with Gasteiger partial charge in [-0.3, -0.25) is 14.4 Å². The van der Waals surface area contributed by atoms with Crippen LogP contribution in [0.5, 0.6) is 0 Å². The maximum Gasteiger partial charge on any atom is 0.252 e. The van der Waals surface area contributed by atoms with Crippen LogP contribution in [0.2, 0.25) is 0 Å². The largest absolute Gasteiger partial charge is 0.509 e. The average molecular weight is 486 g/mol. The van der Waals surface area contributed by atoms with Gasteiger partial charge in [-0.2, -0.15) is 0 Å². The van der Waals surface area contributed by atoms with Gasteiger partial charge in [0.15, 0.2) is 5.78 Å². The van der Waals surface area contributed by atoms with Crippen LogP contribution < -0.4 is 11.5 Å². The first-order valence-corrected chi connectivity index (χ1v) is 11.4. The van der Waals surface area contributed by atoms with E-state index in [1.54, 1.807) is 6.07 Å². The number of fused-ring (bicyclic) bond motifs is 3. The van der Waals surface area contributed by atoms with E-state index in [1.165, 1.54) is 12.1 Å². The Bertz CT molecular complexity index is 1420. The topological polar surface area (TPSA) is 182 Å². The first kappa shape index (κ1) is 23.4. The predicted octanol–water partition coefficient (Wildman–Crippen LogP) is 3.29. The highest BCUT2D eigenvalue weighted by atomic mass is 16.3. The van der Waals surface area contributed by atoms with Gasteiger partial charge in [-0.05, 0) is 63.9 Å². The Kier molecular flexibility index (Phi) is 5.48. The van der Waals surface area contributed by atoms with E-state index in [2.05, 4.69) is 10.4 Å². The number of primary amides is 1. The summed E-state index contributed by atoms with van der Waals surface area (Å²) in [6, 6.07) is 10.6. The molecule has 0 bridgehead atoms. The number of nitrogens with zero attached hydrogens (tertiary/aromatic N) is 2. The van der Waals surface area contributed by atoms with Crippen molar-refractivity contribution in [3.05, 3.63) is 85.9 Å². The van der Waals surface area contributed by atoms with Crippen LogP contribution in [0.25, 0.3) is 11.1 Å². The molecule has 182 valence electrons. The number of amides is 1. The molecule has 0 aromatic heterocycles. The van der Waals surface area contributed by atoms with Gasteiger partial charge in [0, 0.05) is 18.0 Å². The van der Waals surface area contributed by atoms with Crippen LogP contribution in [-0.2, 0) is 22.6 Å². The number of allylic oxidation sites excluding steroid dienone is 2. The Morgan fingerprint density at radius 2 is 1.83 bits per heavy atom. The Morgan fingerprint density at radius 3 is 2.44 bits per heavy atom. The molecule has 0 fully saturated rings. The van der Waals surface area contributed by atoms with Crippen molar-refractivity contribution in [2.24, 2.45) is 33.7 Å². The molecule has 10 nitrogen and oxygen atoms in total. The molecule has 3 aliphatic rings. The molecule has 0 spiro atoms. The Hall–Kier alpha value is -4.31. The number of hydrogen-bond donors (Lipinski definition) is 3. The minimum atomic E-state index is -2.32. The number of aliphatic hydroxyl groups excluding tert-OH is 1. The molecular weight excluding hydrogens is 464 g/mol. The smallest absolute Gasteiger partial charge is 0.252 e. The lowest BCUT2D eigenvalue weighted by molar-refractivity contribution is -0.126. The van der Waals surface area contributed by atoms with Gasteiger partial charge in [0.25, 0.3) is 5.91 Å². The van der Waals surface area contributed by atoms with E-state index in [0.717, 1.165) is 16.7 Å². The average Bonchev–Trinajstić information content (AvgIpc) is 2.88. The maximum atomic E-state index is 13.8. The Labute approximate surface area is 205 Å². The first-order chi connectivity index (χ1) is 17.3. The van der Waals surface area contributed by atoms with Crippen molar-refractivity contribution in [1.29, 1.82) is 0 Å². The molecule has 5 rings (SSSR count). The molecule has 5 N–H and O–H groups in total. The van der Waals surface area contributed by atoms with Gasteiger partial charge in [0.1, 0.15) is 11.4 Å². The van der Waals surface area contributed by atoms with Gasteiger partial charge in [-0.25, -0.2) is 0 Å². The lowest BCUT2D eigenvalue weighted by Crippen LogP contribution is -2.55. The molecule has 36 heavy (non-hydrogen) atoms. The summed E-state index contributed by atoms with van der Waals surface area (Å²) in [7, 11) is 0. The van der Waals surface area contributed by atoms with Gasteiger partial charge in [0.05, 0.1) is 11.1 Å². The Balaban J connectivity index is 1.70. The summed E-state index contributed by atoms with van der Waals surface area (Å²) in [6.07, 6.45) is 1.92. The summed E-state index contributed by atoms with van der Waals surface area (Å²) in [4.78, 5) is 62.5. The summed E-state index contributed by atoms with van der Waals surface area (Å²) in [5.41, 5.74) is 11.1. The van der Waals surface area contributed by atoms with Crippen LogP contribution in [0.3, 0.4) is 0 Å². The molecule has 0 heterocycles. The Morgan fingerprint density at radius 1 is 1.11 bits per heavy atom. The third-order valence-corrected chi connectivity index (χ3v) is 7.60. The van der Waals surface area contributed by atoms with E-state index in [-0.39, 0.29) is 36.1 Å². The SMILES string of the molecule is NCc1ccc(-c2ccc(N=O)c3c2C[C@H]2C[C@H]4CC=C(C(N)=O)C(=O)[C@@]4(N=O)C(O)=C2C3=O)cc1. The number of ketones is 2. The van der Waals surface area contributed by atoms with Gasteiger partial charge in [0.2, 0.25) is 11.3 Å². The number of nitroso groups, excluding NO2 is 2. The summed E-state index contributed by atoms with van der Waals surface area (Å²) < 4.78 is 0. The van der Waals surface area contributed by atoms with Crippen molar-refractivity contribution in [1.82, 2.24) is 0 Å². The van der Waals surface area contributed by atoms with E-state index in [1.807, 2.05) is 24.3 Å². The monoisotopic (exact) mass is 486 g/mol. The van der Waals surface area contributed by atoms with E-state index < -0.39 is 46.2 Å². The van der Waals surface area contributed by atoms with Gasteiger partial charge >= 0.3 is 0 Å². The number of carbonyl (C=O) groups is 3. The van der Waals surface area contributed by atoms with Crippen molar-refractivity contribution in [3.8, 4) is 11.1 Å². The van der Waals surface area contributed by atoms with Crippen LogP contribution in [0, 0.1) is 21.6 Å². The van der Waals surface area contributed by atoms with Gasteiger partial charge < -0.3 is 16.6 Å². The van der Waals surface area contributed by atoms with E-state index in [4.69, 9.17) is 11.5 Å². The minimum Gasteiger partial charge on any atom is -0.509 e. The molecule has 0 aliphatic heterocycles. The molecular formula is C26H22N4O6. The van der Waals surface area contributed by atoms with Crippen molar-refractivity contribution in [3.63, 3.8) is 0 Å². The lowest BCUT2D eigenvalue weighted by Gasteiger charge is -2.44. The van der Waals surface area contributed by atoms with Crippen molar-refractivity contribution in [2.45, 2.75) is 31.3 Å². The molecule has 0 saturated carbocycles. The third-order valence-electron chi connectivity index (χ3n) is 7.60. The number of benzene rings is 2. The van der Waals surface area contributed by atoms with Crippen molar-refractivity contribution >= 4 is 23.2 Å². The highest BCUT2D eigenvalue weighted by Gasteiger charge is 2.60. The van der Waals surface area contributed by atoms with Gasteiger partial charge in [-0.1, -0.05) is 36.4 Å². The molecule has 2 aromatic carbocycles. The molecule has 3 atom stereocenters. The van der Waals surface area contributed by atoms with Crippen LogP contribution in [0.4, 0.5) is 5.69 Å². The van der Waals surface area contributed by atoms with E-state index in [0.29, 0.717) is 12.1 Å². The van der Waals surface area contributed by atoms with Gasteiger partial charge in [-0.15, -0.1) is 9.81 Å². The number of rotatable bonds is 5. The van der Waals surface area contributed by atoms with Crippen LogP contribution >= 0.6 is 0 Å². The fourth-order valence-corrected chi connectivity index (χ4v) is 5.84. The van der Waals surface area contributed by atoms with E-state index in [9.17, 15) is 29.3 Å². The molecule has 10 heteroatoms. The number of Topliss-reactive ketones (excluding diaryl/α,β-unsaturated/α-hetero) is 2. The predicted molar refractivity (Wildman–Crippen MR) is 130 cm³/mol. The highest BCUT2D eigenvalue weighted by molar-refractivity contribution is 6.25. The molecule has 0 radical (unpaired) electrons. The maximum absolute atomic E-state index is 13.8. The summed E-state index contributed by atoms with van der Waals surface area (Å²) in [6.45, 7) is 0.374. The molecule has 0 saturated heterocycles. The zero-order valence-corrected chi connectivity index (χ0v) is 19.1. The molecule has 2 aromatic rings. The van der Waals surface area contributed by atoms with Crippen molar-refractivity contribution < 1.29 is 19.5 Å². The first-order valence-electron chi connectivity index (χ1n) is 11.4. The second-order valence-electron chi connectivity index (χ2n) is 9.31. The third kappa shape index (κ3) is 3.11. The fourth-order valence-electron chi connectivity index (χ4n) is 5.84. The molecule has 3 aliphatic carbocycles. The minimum absolute atomic E-state index is 0.0108. The lowest BCUT2D eigenvalue weighted by atomic mass is 9.59. The number of carbonyl (C=O) groups excluding carboxylic acids is 3. The number of nitrogens with two attached hydrogens (primary N) is 2. The summed E-state index contributed by atoms with van der Waals surface area (Å²) in [5, 5.41) is 17.3. The highest BCUT2D eigenvalue weighted by Crippen LogP contribution is 2.53. The molecule has 1 amide bonds. The molecule has 0 unspecified atom stereocenters. The number of aliphatic hydroxyl groups is 1. The van der Waals surface area contributed by atoms with Crippen LogP contribution in [-0.4, -0.2) is 28.1 Å². The summed E-state index contributed by atoms with van der Waals surface area (Å²) in [5.74, 6) is -4.83. The standard InChI is InChI=1S/C26H22N4O6/c27-11-12-1-3-13(4-2-12)16-7-8-19(29-35)21-18(16)10-14-9-15-5-6-17(25(28)34)23(32)26(15,30-36)24(33)20(14)22(21)31/h1-4,6-8,14-15,33H,5,9-11,27H2,(H2,28,34)/t14-,15-,26-/m1/s1. The zero-order valence-electron chi connectivity index (χ0n) is 19.1. The quantitative estimate of drug-likeness (QED) is 0.428. The van der Waals surface area contributed by atoms with Crippen molar-refractivity contribution in [2.75, 3.05) is 0 Å². The van der Waals surface area contributed by atoms with Crippen LogP contribution in [0.15, 0.2) is 69.7 Å². The number of hydrogen-bond acceptors (Lipinski definition) is 9. The van der Waals surface area contributed by atoms with Crippen LogP contribution in [0.1, 0.15) is 34.3 Å². The second-order valence-corrected chi connectivity index (χ2v) is 9.31. The zero-order chi connectivity index (χ0) is 25.8. The fraction of sp³-hybridized carbons (Fsp3) is 0.269. The van der Waals surface area contributed by atoms with E-state index >= 15 is 0 Å². The normalized spacial score (nSPS) is 24.9.